The molecule has 0 spiro atoms. The Hall–Kier alpha value is -2.83. The summed E-state index contributed by atoms with van der Waals surface area (Å²) in [4.78, 5) is 27.3. The van der Waals surface area contributed by atoms with Gasteiger partial charge in [-0.25, -0.2) is 0 Å². The number of carbonyl (C=O) groups is 2. The molecule has 1 unspecified atom stereocenters. The predicted molar refractivity (Wildman–Crippen MR) is 124 cm³/mol. The standard InChI is InChI=1S/C25H36N4O3/c1-17(2)29(16-22-18(3)27-28(5)19(22)4)24(31)12-14-25(13-11-23(30)26-25)15-20-7-9-21(32-6)10-8-20/h7-10,17H,11-16H2,1-6H3,(H,26,30). The zero-order valence-corrected chi connectivity index (χ0v) is 20.2. The Kier molecular flexibility index (Phi) is 7.26. The van der Waals surface area contributed by atoms with Gasteiger partial charge in [0, 0.05) is 49.3 Å². The first-order valence-electron chi connectivity index (χ1n) is 11.4. The van der Waals surface area contributed by atoms with Crippen LogP contribution in [0.5, 0.6) is 5.75 Å². The molecule has 7 nitrogen and oxygen atoms in total. The van der Waals surface area contributed by atoms with Gasteiger partial charge in [0.05, 0.1) is 12.8 Å². The zero-order valence-electron chi connectivity index (χ0n) is 20.2. The quantitative estimate of drug-likeness (QED) is 0.648. The molecule has 2 heterocycles. The molecule has 2 amide bonds. The highest BCUT2D eigenvalue weighted by atomic mass is 16.5. The van der Waals surface area contributed by atoms with Crippen LogP contribution in [0.1, 0.15) is 62.0 Å². The summed E-state index contributed by atoms with van der Waals surface area (Å²) in [6, 6.07) is 8.01. The average molecular weight is 441 g/mol. The number of methoxy groups -OCH3 is 1. The number of ether oxygens (including phenoxy) is 1. The maximum Gasteiger partial charge on any atom is 0.223 e. The zero-order chi connectivity index (χ0) is 23.5. The van der Waals surface area contributed by atoms with Crippen molar-refractivity contribution in [3.63, 3.8) is 0 Å². The molecule has 1 aliphatic heterocycles. The van der Waals surface area contributed by atoms with E-state index in [0.29, 0.717) is 32.2 Å². The van der Waals surface area contributed by atoms with Crippen molar-refractivity contribution in [1.82, 2.24) is 20.0 Å². The van der Waals surface area contributed by atoms with Gasteiger partial charge in [0.2, 0.25) is 11.8 Å². The number of nitrogens with one attached hydrogen (secondary N) is 1. The molecule has 174 valence electrons. The summed E-state index contributed by atoms with van der Waals surface area (Å²) in [5.41, 5.74) is 3.89. The van der Waals surface area contributed by atoms with E-state index in [1.54, 1.807) is 7.11 Å². The lowest BCUT2D eigenvalue weighted by Gasteiger charge is -2.32. The van der Waals surface area contributed by atoms with Crippen LogP contribution in [0, 0.1) is 13.8 Å². The molecule has 1 fully saturated rings. The Bertz CT molecular complexity index is 964. The fraction of sp³-hybridized carbons (Fsp3) is 0.560. The van der Waals surface area contributed by atoms with Gasteiger partial charge in [0.15, 0.2) is 0 Å². The second-order valence-corrected chi connectivity index (χ2v) is 9.24. The van der Waals surface area contributed by atoms with E-state index in [-0.39, 0.29) is 23.4 Å². The first-order chi connectivity index (χ1) is 15.1. The second kappa shape index (κ2) is 9.76. The van der Waals surface area contributed by atoms with Crippen LogP contribution in [-0.4, -0.2) is 45.2 Å². The van der Waals surface area contributed by atoms with Crippen molar-refractivity contribution in [2.75, 3.05) is 7.11 Å². The normalized spacial score (nSPS) is 18.2. The van der Waals surface area contributed by atoms with Crippen molar-refractivity contribution in [3.8, 4) is 5.75 Å². The van der Waals surface area contributed by atoms with E-state index in [2.05, 4.69) is 10.4 Å². The van der Waals surface area contributed by atoms with Gasteiger partial charge in [0.1, 0.15) is 5.75 Å². The Balaban J connectivity index is 1.72. The predicted octanol–water partition coefficient (Wildman–Crippen LogP) is 3.45. The molecule has 1 aromatic carbocycles. The fourth-order valence-corrected chi connectivity index (χ4v) is 4.58. The summed E-state index contributed by atoms with van der Waals surface area (Å²) in [5.74, 6) is 0.980. The van der Waals surface area contributed by atoms with Crippen LogP contribution >= 0.6 is 0 Å². The summed E-state index contributed by atoms with van der Waals surface area (Å²) in [5, 5.41) is 7.68. The third-order valence-electron chi connectivity index (χ3n) is 6.69. The van der Waals surface area contributed by atoms with Crippen LogP contribution in [0.3, 0.4) is 0 Å². The average Bonchev–Trinajstić information content (AvgIpc) is 3.23. The van der Waals surface area contributed by atoms with Crippen LogP contribution < -0.4 is 10.1 Å². The second-order valence-electron chi connectivity index (χ2n) is 9.24. The van der Waals surface area contributed by atoms with Gasteiger partial charge in [-0.05, 0) is 64.7 Å². The fourth-order valence-electron chi connectivity index (χ4n) is 4.58. The molecule has 1 atom stereocenters. The number of benzene rings is 1. The van der Waals surface area contributed by atoms with Crippen molar-refractivity contribution in [1.29, 1.82) is 0 Å². The first kappa shape index (κ1) is 23.8. The van der Waals surface area contributed by atoms with Gasteiger partial charge in [-0.3, -0.25) is 14.3 Å². The van der Waals surface area contributed by atoms with E-state index in [0.717, 1.165) is 34.7 Å². The van der Waals surface area contributed by atoms with Crippen LogP contribution in [0.2, 0.25) is 0 Å². The van der Waals surface area contributed by atoms with Crippen molar-refractivity contribution >= 4 is 11.8 Å². The molecule has 1 N–H and O–H groups in total. The maximum absolute atomic E-state index is 13.3. The number of nitrogens with zero attached hydrogens (tertiary/aromatic N) is 3. The van der Waals surface area contributed by atoms with E-state index < -0.39 is 0 Å². The van der Waals surface area contributed by atoms with E-state index >= 15 is 0 Å². The molecule has 0 bridgehead atoms. The van der Waals surface area contributed by atoms with Crippen molar-refractivity contribution in [3.05, 3.63) is 46.8 Å². The third-order valence-corrected chi connectivity index (χ3v) is 6.69. The SMILES string of the molecule is COc1ccc(CC2(CCC(=O)N(Cc3c(C)nn(C)c3C)C(C)C)CCC(=O)N2)cc1. The molecule has 0 aliphatic carbocycles. The highest BCUT2D eigenvalue weighted by Crippen LogP contribution is 2.31. The summed E-state index contributed by atoms with van der Waals surface area (Å²) in [7, 11) is 3.58. The number of hydrogen-bond acceptors (Lipinski definition) is 4. The molecule has 3 rings (SSSR count). The van der Waals surface area contributed by atoms with E-state index in [9.17, 15) is 9.59 Å². The summed E-state index contributed by atoms with van der Waals surface area (Å²) in [6.45, 7) is 8.67. The van der Waals surface area contributed by atoms with Gasteiger partial charge in [0.25, 0.3) is 0 Å². The molecule has 1 aromatic heterocycles. The van der Waals surface area contributed by atoms with E-state index in [4.69, 9.17) is 4.74 Å². The molecule has 32 heavy (non-hydrogen) atoms. The van der Waals surface area contributed by atoms with Crippen molar-refractivity contribution in [2.45, 2.75) is 77.9 Å². The molecule has 1 aliphatic rings. The minimum atomic E-state index is -0.385. The number of aromatic nitrogens is 2. The maximum atomic E-state index is 13.3. The van der Waals surface area contributed by atoms with Crippen LogP contribution in [0.4, 0.5) is 0 Å². The number of amides is 2. The van der Waals surface area contributed by atoms with Gasteiger partial charge in [-0.1, -0.05) is 12.1 Å². The molecular formula is C25H36N4O3. The summed E-state index contributed by atoms with van der Waals surface area (Å²) >= 11 is 0. The van der Waals surface area contributed by atoms with Crippen molar-refractivity contribution in [2.24, 2.45) is 7.05 Å². The Morgan fingerprint density at radius 3 is 2.47 bits per heavy atom. The lowest BCUT2D eigenvalue weighted by atomic mass is 9.84. The number of carbonyl (C=O) groups excluding carboxylic acids is 2. The highest BCUT2D eigenvalue weighted by Gasteiger charge is 2.38. The van der Waals surface area contributed by atoms with Gasteiger partial charge in [-0.2, -0.15) is 5.10 Å². The molecule has 1 saturated heterocycles. The first-order valence-corrected chi connectivity index (χ1v) is 11.4. The minimum absolute atomic E-state index is 0.0632. The lowest BCUT2D eigenvalue weighted by molar-refractivity contribution is -0.134. The number of aryl methyl sites for hydroxylation is 2. The lowest BCUT2D eigenvalue weighted by Crippen LogP contribution is -2.45. The molecular weight excluding hydrogens is 404 g/mol. The van der Waals surface area contributed by atoms with Crippen LogP contribution in [0.25, 0.3) is 0 Å². The Morgan fingerprint density at radius 1 is 1.28 bits per heavy atom. The largest absolute Gasteiger partial charge is 0.497 e. The smallest absolute Gasteiger partial charge is 0.223 e. The van der Waals surface area contributed by atoms with Crippen molar-refractivity contribution < 1.29 is 14.3 Å². The highest BCUT2D eigenvalue weighted by molar-refractivity contribution is 5.80. The van der Waals surface area contributed by atoms with E-state index in [1.807, 2.05) is 68.6 Å². The van der Waals surface area contributed by atoms with Gasteiger partial charge < -0.3 is 15.0 Å². The van der Waals surface area contributed by atoms with Gasteiger partial charge in [-0.15, -0.1) is 0 Å². The minimum Gasteiger partial charge on any atom is -0.497 e. The summed E-state index contributed by atoms with van der Waals surface area (Å²) < 4.78 is 7.12. The number of rotatable bonds is 9. The molecule has 2 aromatic rings. The van der Waals surface area contributed by atoms with Crippen LogP contribution in [-0.2, 0) is 29.6 Å². The summed E-state index contributed by atoms with van der Waals surface area (Å²) in [6.07, 6.45) is 2.98. The van der Waals surface area contributed by atoms with E-state index in [1.165, 1.54) is 0 Å². The number of hydrogen-bond donors (Lipinski definition) is 1. The monoisotopic (exact) mass is 440 g/mol. The third kappa shape index (κ3) is 5.31. The molecule has 0 saturated carbocycles. The van der Waals surface area contributed by atoms with Crippen LogP contribution in [0.15, 0.2) is 24.3 Å². The Morgan fingerprint density at radius 2 is 1.97 bits per heavy atom. The molecule has 7 heteroatoms. The Labute approximate surface area is 191 Å². The van der Waals surface area contributed by atoms with Gasteiger partial charge >= 0.3 is 0 Å². The topological polar surface area (TPSA) is 76.5 Å². The molecule has 0 radical (unpaired) electrons.